The van der Waals surface area contributed by atoms with Crippen LogP contribution in [0.5, 0.6) is 0 Å². The molecule has 0 saturated carbocycles. The lowest BCUT2D eigenvalue weighted by atomic mass is 10.7. The summed E-state index contributed by atoms with van der Waals surface area (Å²) in [7, 11) is 3.30. The Morgan fingerprint density at radius 3 is 1.23 bits per heavy atom. The lowest BCUT2D eigenvalue weighted by Crippen LogP contribution is -2.10. The van der Waals surface area contributed by atoms with Gasteiger partial charge < -0.3 is 18.9 Å². The van der Waals surface area contributed by atoms with Crippen molar-refractivity contribution in [3.8, 4) is 0 Å². The van der Waals surface area contributed by atoms with E-state index in [1.807, 2.05) is 0 Å². The standard InChI is InChI=1S/C8H18O4.B/c1-9-3-5-11-7-8-12-6-4-10-2;/h3-8H2,1-2H3;. The van der Waals surface area contributed by atoms with Crippen LogP contribution in [0.15, 0.2) is 0 Å². The minimum Gasteiger partial charge on any atom is -0.382 e. The molecule has 0 atom stereocenters. The third kappa shape index (κ3) is 14.7. The molecule has 0 aliphatic heterocycles. The Morgan fingerprint density at radius 1 is 0.615 bits per heavy atom. The maximum absolute atomic E-state index is 5.16. The monoisotopic (exact) mass is 189 g/mol. The van der Waals surface area contributed by atoms with Gasteiger partial charge in [-0.15, -0.1) is 0 Å². The van der Waals surface area contributed by atoms with Gasteiger partial charge in [-0.1, -0.05) is 0 Å². The first-order valence-electron chi connectivity index (χ1n) is 4.05. The third-order valence-corrected chi connectivity index (χ3v) is 1.24. The van der Waals surface area contributed by atoms with Crippen LogP contribution >= 0.6 is 0 Å². The molecular formula is C8H18BO4. The van der Waals surface area contributed by atoms with Crippen molar-refractivity contribution in [1.82, 2.24) is 0 Å². The fraction of sp³-hybridized carbons (Fsp3) is 1.00. The van der Waals surface area contributed by atoms with Gasteiger partial charge >= 0.3 is 0 Å². The van der Waals surface area contributed by atoms with Gasteiger partial charge in [-0.3, -0.25) is 0 Å². The molecule has 4 nitrogen and oxygen atoms in total. The van der Waals surface area contributed by atoms with Crippen LogP contribution in [0.3, 0.4) is 0 Å². The van der Waals surface area contributed by atoms with Crippen molar-refractivity contribution < 1.29 is 18.9 Å². The first kappa shape index (κ1) is 15.4. The Bertz CT molecular complexity index is 72.5. The summed E-state index contributed by atoms with van der Waals surface area (Å²) in [6, 6.07) is 0. The summed E-state index contributed by atoms with van der Waals surface area (Å²) in [4.78, 5) is 0. The molecule has 0 aromatic rings. The zero-order valence-electron chi connectivity index (χ0n) is 8.45. The highest BCUT2D eigenvalue weighted by atomic mass is 16.5. The predicted molar refractivity (Wildman–Crippen MR) is 51.1 cm³/mol. The fourth-order valence-corrected chi connectivity index (χ4v) is 0.606. The summed E-state index contributed by atoms with van der Waals surface area (Å²) in [6.07, 6.45) is 0. The molecule has 0 spiro atoms. The molecule has 0 rings (SSSR count). The molecule has 0 aromatic heterocycles. The van der Waals surface area contributed by atoms with E-state index in [-0.39, 0.29) is 8.41 Å². The van der Waals surface area contributed by atoms with Crippen molar-refractivity contribution in [3.05, 3.63) is 0 Å². The van der Waals surface area contributed by atoms with Gasteiger partial charge in [0.2, 0.25) is 0 Å². The van der Waals surface area contributed by atoms with E-state index in [4.69, 9.17) is 18.9 Å². The highest BCUT2D eigenvalue weighted by Gasteiger charge is 1.88. The lowest BCUT2D eigenvalue weighted by molar-refractivity contribution is 0.0106. The topological polar surface area (TPSA) is 36.9 Å². The molecule has 0 aliphatic carbocycles. The SMILES string of the molecule is COCCOCCOCCOC.[B]. The zero-order chi connectivity index (χ0) is 9.07. The second-order valence-corrected chi connectivity index (χ2v) is 2.21. The van der Waals surface area contributed by atoms with Crippen molar-refractivity contribution in [3.63, 3.8) is 0 Å². The van der Waals surface area contributed by atoms with E-state index in [1.54, 1.807) is 14.2 Å². The average molecular weight is 189 g/mol. The van der Waals surface area contributed by atoms with Gasteiger partial charge in [-0.05, 0) is 0 Å². The Hall–Kier alpha value is -0.0951. The van der Waals surface area contributed by atoms with Crippen molar-refractivity contribution in [2.75, 3.05) is 53.9 Å². The first-order valence-corrected chi connectivity index (χ1v) is 4.05. The van der Waals surface area contributed by atoms with Gasteiger partial charge in [0.15, 0.2) is 0 Å². The Morgan fingerprint density at radius 2 is 0.923 bits per heavy atom. The quantitative estimate of drug-likeness (QED) is 0.376. The highest BCUT2D eigenvalue weighted by Crippen LogP contribution is 1.79. The van der Waals surface area contributed by atoms with Gasteiger partial charge in [-0.2, -0.15) is 0 Å². The van der Waals surface area contributed by atoms with Gasteiger partial charge in [0.25, 0.3) is 0 Å². The minimum atomic E-state index is 0. The molecule has 3 radical (unpaired) electrons. The van der Waals surface area contributed by atoms with Crippen LogP contribution in [0.25, 0.3) is 0 Å². The maximum Gasteiger partial charge on any atom is 0.0701 e. The molecule has 0 unspecified atom stereocenters. The van der Waals surface area contributed by atoms with Gasteiger partial charge in [0.1, 0.15) is 0 Å². The first-order chi connectivity index (χ1) is 5.91. The summed E-state index contributed by atoms with van der Waals surface area (Å²) in [6.45, 7) is 3.77. The molecule has 0 N–H and O–H groups in total. The van der Waals surface area contributed by atoms with E-state index < -0.39 is 0 Å². The second-order valence-electron chi connectivity index (χ2n) is 2.21. The molecular weight excluding hydrogens is 171 g/mol. The van der Waals surface area contributed by atoms with E-state index >= 15 is 0 Å². The van der Waals surface area contributed by atoms with Crippen LogP contribution in [0.2, 0.25) is 0 Å². The van der Waals surface area contributed by atoms with Crippen molar-refractivity contribution in [2.45, 2.75) is 0 Å². The van der Waals surface area contributed by atoms with Crippen LogP contribution < -0.4 is 0 Å². The Labute approximate surface area is 82.1 Å². The van der Waals surface area contributed by atoms with Gasteiger partial charge in [0.05, 0.1) is 39.6 Å². The second kappa shape index (κ2) is 14.4. The number of ether oxygens (including phenoxy) is 4. The fourth-order valence-electron chi connectivity index (χ4n) is 0.606. The van der Waals surface area contributed by atoms with Crippen LogP contribution in [0.4, 0.5) is 0 Å². The molecule has 0 saturated heterocycles. The Balaban J connectivity index is 0. The molecule has 5 heteroatoms. The minimum absolute atomic E-state index is 0. The Kier molecular flexibility index (Phi) is 17.1. The summed E-state index contributed by atoms with van der Waals surface area (Å²) in [5.41, 5.74) is 0. The average Bonchev–Trinajstić information content (AvgIpc) is 2.10. The smallest absolute Gasteiger partial charge is 0.0701 e. The molecule has 0 fully saturated rings. The molecule has 77 valence electrons. The largest absolute Gasteiger partial charge is 0.382 e. The normalized spacial score (nSPS) is 9.69. The third-order valence-electron chi connectivity index (χ3n) is 1.24. The molecule has 0 amide bonds. The molecule has 0 bridgehead atoms. The van der Waals surface area contributed by atoms with E-state index in [1.165, 1.54) is 0 Å². The van der Waals surface area contributed by atoms with E-state index in [2.05, 4.69) is 0 Å². The van der Waals surface area contributed by atoms with E-state index in [0.717, 1.165) is 0 Å². The summed E-state index contributed by atoms with van der Waals surface area (Å²) < 4.78 is 19.9. The molecule has 13 heavy (non-hydrogen) atoms. The maximum atomic E-state index is 5.16. The number of hydrogen-bond donors (Lipinski definition) is 0. The van der Waals surface area contributed by atoms with E-state index in [9.17, 15) is 0 Å². The van der Waals surface area contributed by atoms with Gasteiger partial charge in [0, 0.05) is 22.6 Å². The molecule has 0 aromatic carbocycles. The molecule has 0 heterocycles. The van der Waals surface area contributed by atoms with Crippen LogP contribution in [-0.2, 0) is 18.9 Å². The molecule has 0 aliphatic rings. The van der Waals surface area contributed by atoms with Gasteiger partial charge in [-0.25, -0.2) is 0 Å². The zero-order valence-corrected chi connectivity index (χ0v) is 8.45. The number of hydrogen-bond acceptors (Lipinski definition) is 4. The van der Waals surface area contributed by atoms with Crippen LogP contribution in [0, 0.1) is 0 Å². The van der Waals surface area contributed by atoms with Crippen molar-refractivity contribution in [2.24, 2.45) is 0 Å². The van der Waals surface area contributed by atoms with Crippen LogP contribution in [0.1, 0.15) is 0 Å². The predicted octanol–water partition coefficient (Wildman–Crippen LogP) is -0.0684. The number of methoxy groups -OCH3 is 2. The summed E-state index contributed by atoms with van der Waals surface area (Å²) >= 11 is 0. The highest BCUT2D eigenvalue weighted by molar-refractivity contribution is 5.75. The lowest BCUT2D eigenvalue weighted by Gasteiger charge is -2.04. The van der Waals surface area contributed by atoms with E-state index in [0.29, 0.717) is 39.6 Å². The summed E-state index contributed by atoms with van der Waals surface area (Å²) in [5, 5.41) is 0. The van der Waals surface area contributed by atoms with Crippen molar-refractivity contribution >= 4 is 8.41 Å². The number of rotatable bonds is 9. The van der Waals surface area contributed by atoms with Crippen molar-refractivity contribution in [1.29, 1.82) is 0 Å². The summed E-state index contributed by atoms with van der Waals surface area (Å²) in [5.74, 6) is 0. The van der Waals surface area contributed by atoms with Crippen LogP contribution in [-0.4, -0.2) is 62.3 Å².